The molecule has 1 unspecified atom stereocenters. The van der Waals surface area contributed by atoms with Gasteiger partial charge < -0.3 is 15.3 Å². The molecule has 1 fully saturated rings. The molecule has 6 nitrogen and oxygen atoms in total. The fourth-order valence-corrected chi connectivity index (χ4v) is 4.04. The van der Waals surface area contributed by atoms with Crippen molar-refractivity contribution in [2.75, 3.05) is 6.54 Å². The van der Waals surface area contributed by atoms with Gasteiger partial charge in [0.05, 0.1) is 30.7 Å². The number of benzene rings is 2. The van der Waals surface area contributed by atoms with Crippen molar-refractivity contribution in [2.24, 2.45) is 4.99 Å². The molecule has 2 atom stereocenters. The molecule has 0 saturated carbocycles. The Hall–Kier alpha value is -2.99. The highest BCUT2D eigenvalue weighted by Crippen LogP contribution is 2.24. The lowest BCUT2D eigenvalue weighted by atomic mass is 10.1. The van der Waals surface area contributed by atoms with E-state index in [2.05, 4.69) is 5.32 Å². The van der Waals surface area contributed by atoms with Crippen LogP contribution in [0, 0.1) is 13.8 Å². The zero-order valence-corrected chi connectivity index (χ0v) is 19.2. The van der Waals surface area contributed by atoms with Crippen LogP contribution in [0.15, 0.2) is 53.5 Å². The van der Waals surface area contributed by atoms with E-state index in [9.17, 15) is 14.7 Å². The van der Waals surface area contributed by atoms with Crippen LogP contribution in [0.2, 0.25) is 0 Å². The number of aliphatic hydroxyl groups is 1. The highest BCUT2D eigenvalue weighted by Gasteiger charge is 2.31. The average Bonchev–Trinajstić information content (AvgIpc) is 3.25. The van der Waals surface area contributed by atoms with E-state index in [4.69, 9.17) is 4.99 Å². The number of aryl methyl sites for hydroxylation is 2. The molecule has 2 amide bonds. The minimum absolute atomic E-state index is 0.0634. The van der Waals surface area contributed by atoms with Gasteiger partial charge in [0.1, 0.15) is 0 Å². The van der Waals surface area contributed by atoms with E-state index in [1.807, 2.05) is 69.3 Å². The van der Waals surface area contributed by atoms with Crippen molar-refractivity contribution in [1.82, 2.24) is 10.2 Å². The van der Waals surface area contributed by atoms with E-state index < -0.39 is 6.10 Å². The summed E-state index contributed by atoms with van der Waals surface area (Å²) in [5.74, 6) is -0.396. The first-order chi connectivity index (χ1) is 15.3. The van der Waals surface area contributed by atoms with Crippen LogP contribution in [-0.2, 0) is 16.1 Å². The summed E-state index contributed by atoms with van der Waals surface area (Å²) < 4.78 is 0. The van der Waals surface area contributed by atoms with E-state index in [1.165, 1.54) is 0 Å². The Morgan fingerprint density at radius 3 is 2.56 bits per heavy atom. The van der Waals surface area contributed by atoms with Gasteiger partial charge in [-0.25, -0.2) is 0 Å². The van der Waals surface area contributed by atoms with Gasteiger partial charge in [0.25, 0.3) is 0 Å². The Morgan fingerprint density at radius 2 is 1.84 bits per heavy atom. The minimum atomic E-state index is -1.00. The van der Waals surface area contributed by atoms with Crippen LogP contribution in [-0.4, -0.2) is 46.2 Å². The first-order valence-electron chi connectivity index (χ1n) is 11.2. The minimum Gasteiger partial charge on any atom is -0.392 e. The zero-order valence-electron chi connectivity index (χ0n) is 19.2. The first-order valence-corrected chi connectivity index (χ1v) is 11.2. The quantitative estimate of drug-likeness (QED) is 0.618. The lowest BCUT2D eigenvalue weighted by Crippen LogP contribution is -2.41. The fourth-order valence-electron chi connectivity index (χ4n) is 4.04. The molecule has 0 spiro atoms. The number of aliphatic hydroxyl groups excluding tert-OH is 1. The van der Waals surface area contributed by atoms with Crippen LogP contribution in [0.5, 0.6) is 0 Å². The summed E-state index contributed by atoms with van der Waals surface area (Å²) in [7, 11) is 0. The van der Waals surface area contributed by atoms with Crippen LogP contribution in [0.1, 0.15) is 49.3 Å². The molecule has 32 heavy (non-hydrogen) atoms. The normalized spacial score (nSPS) is 17.3. The molecule has 1 aliphatic rings. The Bertz CT molecular complexity index is 969. The monoisotopic (exact) mass is 435 g/mol. The lowest BCUT2D eigenvalue weighted by Gasteiger charge is -2.26. The molecule has 1 heterocycles. The number of rotatable bonds is 8. The summed E-state index contributed by atoms with van der Waals surface area (Å²) in [6, 6.07) is 15.8. The molecule has 0 aliphatic carbocycles. The lowest BCUT2D eigenvalue weighted by molar-refractivity contribution is -0.133. The van der Waals surface area contributed by atoms with Crippen LogP contribution in [0.25, 0.3) is 0 Å². The van der Waals surface area contributed by atoms with Gasteiger partial charge in [0.2, 0.25) is 11.8 Å². The Kier molecular flexibility index (Phi) is 8.17. The molecule has 0 aromatic heterocycles. The summed E-state index contributed by atoms with van der Waals surface area (Å²) >= 11 is 0. The number of hydrogen-bond donors (Lipinski definition) is 2. The number of nitrogens with one attached hydrogen (secondary N) is 1. The van der Waals surface area contributed by atoms with E-state index in [0.717, 1.165) is 40.9 Å². The standard InChI is InChI=1S/C26H33N3O3/c1-18-10-12-21(13-11-18)17-27-25(31)15-22(30)16-26(32)29-14-6-9-24(29)20(3)28-23-8-5-4-7-19(23)2/h4-5,7-8,10-13,22,24,30H,6,9,14-17H2,1-3H3,(H,27,31)/t22-,24?/m1/s1. The number of carbonyl (C=O) groups excluding carboxylic acids is 2. The topological polar surface area (TPSA) is 82.0 Å². The van der Waals surface area contributed by atoms with Crippen molar-refractivity contribution in [1.29, 1.82) is 0 Å². The predicted molar refractivity (Wildman–Crippen MR) is 127 cm³/mol. The zero-order chi connectivity index (χ0) is 23.1. The summed E-state index contributed by atoms with van der Waals surface area (Å²) in [6.07, 6.45) is 0.610. The van der Waals surface area contributed by atoms with Crippen molar-refractivity contribution >= 4 is 23.2 Å². The van der Waals surface area contributed by atoms with Gasteiger partial charge in [-0.3, -0.25) is 14.6 Å². The number of hydrogen-bond acceptors (Lipinski definition) is 4. The van der Waals surface area contributed by atoms with Crippen molar-refractivity contribution in [3.05, 3.63) is 65.2 Å². The van der Waals surface area contributed by atoms with E-state index in [0.29, 0.717) is 13.1 Å². The maximum absolute atomic E-state index is 12.9. The van der Waals surface area contributed by atoms with Crippen molar-refractivity contribution in [2.45, 2.75) is 65.1 Å². The molecule has 2 aromatic rings. The number of carbonyl (C=O) groups is 2. The molecule has 170 valence electrons. The number of para-hydroxylation sites is 1. The van der Waals surface area contributed by atoms with Gasteiger partial charge in [-0.1, -0.05) is 48.0 Å². The molecule has 1 saturated heterocycles. The van der Waals surface area contributed by atoms with Gasteiger partial charge in [0, 0.05) is 18.8 Å². The Morgan fingerprint density at radius 1 is 1.12 bits per heavy atom. The molecular formula is C26H33N3O3. The third-order valence-corrected chi connectivity index (χ3v) is 5.91. The van der Waals surface area contributed by atoms with Gasteiger partial charge in [-0.05, 0) is 50.8 Å². The predicted octanol–water partition coefficient (Wildman–Crippen LogP) is 3.84. The van der Waals surface area contributed by atoms with Gasteiger partial charge in [-0.2, -0.15) is 0 Å². The number of nitrogens with zero attached hydrogens (tertiary/aromatic N) is 2. The molecule has 6 heteroatoms. The molecule has 0 radical (unpaired) electrons. The first kappa shape index (κ1) is 23.7. The Balaban J connectivity index is 1.51. The second kappa shape index (κ2) is 11.0. The fraction of sp³-hybridized carbons (Fsp3) is 0.423. The summed E-state index contributed by atoms with van der Waals surface area (Å²) in [4.78, 5) is 31.6. The highest BCUT2D eigenvalue weighted by atomic mass is 16.3. The summed E-state index contributed by atoms with van der Waals surface area (Å²) in [5.41, 5.74) is 5.06. The molecule has 1 aliphatic heterocycles. The third-order valence-electron chi connectivity index (χ3n) is 5.91. The van der Waals surface area contributed by atoms with Crippen LogP contribution >= 0.6 is 0 Å². The highest BCUT2D eigenvalue weighted by molar-refractivity contribution is 5.93. The van der Waals surface area contributed by atoms with Gasteiger partial charge in [0.15, 0.2) is 0 Å². The second-order valence-corrected chi connectivity index (χ2v) is 8.61. The molecule has 0 bridgehead atoms. The van der Waals surface area contributed by atoms with Gasteiger partial charge >= 0.3 is 0 Å². The Labute approximate surface area is 190 Å². The second-order valence-electron chi connectivity index (χ2n) is 8.61. The van der Waals surface area contributed by atoms with E-state index >= 15 is 0 Å². The molecule has 2 N–H and O–H groups in total. The van der Waals surface area contributed by atoms with E-state index in [-0.39, 0.29) is 30.7 Å². The van der Waals surface area contributed by atoms with Crippen molar-refractivity contribution < 1.29 is 14.7 Å². The van der Waals surface area contributed by atoms with Crippen LogP contribution < -0.4 is 5.32 Å². The third kappa shape index (κ3) is 6.50. The number of likely N-dealkylation sites (tertiary alicyclic amines) is 1. The average molecular weight is 436 g/mol. The largest absolute Gasteiger partial charge is 0.392 e. The number of aliphatic imine (C=N–C) groups is 1. The summed E-state index contributed by atoms with van der Waals surface area (Å²) in [5, 5.41) is 13.2. The maximum Gasteiger partial charge on any atom is 0.225 e. The number of amides is 2. The van der Waals surface area contributed by atoms with Crippen molar-refractivity contribution in [3.8, 4) is 0 Å². The van der Waals surface area contributed by atoms with Gasteiger partial charge in [-0.15, -0.1) is 0 Å². The van der Waals surface area contributed by atoms with Crippen LogP contribution in [0.3, 0.4) is 0 Å². The maximum atomic E-state index is 12.9. The molecular weight excluding hydrogens is 402 g/mol. The van der Waals surface area contributed by atoms with E-state index in [1.54, 1.807) is 4.90 Å². The smallest absolute Gasteiger partial charge is 0.225 e. The molecule has 2 aromatic carbocycles. The van der Waals surface area contributed by atoms with Crippen LogP contribution in [0.4, 0.5) is 5.69 Å². The summed E-state index contributed by atoms with van der Waals surface area (Å²) in [6.45, 7) is 7.04. The molecule has 3 rings (SSSR count). The van der Waals surface area contributed by atoms with Crippen molar-refractivity contribution in [3.63, 3.8) is 0 Å². The SMILES string of the molecule is CC(=Nc1ccccc1C)C1CCCN1C(=O)C[C@H](O)CC(=O)NCc1ccc(C)cc1.